The average Bonchev–Trinajstić information content (AvgIpc) is 2.38. The maximum Gasteiger partial charge on any atom is 0.235 e. The maximum atomic E-state index is 11.4. The van der Waals surface area contributed by atoms with Gasteiger partial charge in [0.25, 0.3) is 0 Å². The standard InChI is InChI=1S/C12H11Cl3O4/c13-7-4-9(15)12(5-8(7)14)19-6-11(18)10(17)2-1-3-16/h4-5,16H,1-3,6H2. The first-order chi connectivity index (χ1) is 8.95. The normalized spacial score (nSPS) is 10.3. The molecule has 0 aliphatic rings. The number of carbonyl (C=O) groups excluding carboxylic acids is 2. The molecule has 0 saturated carbocycles. The number of hydrogen-bond donors (Lipinski definition) is 1. The summed E-state index contributed by atoms with van der Waals surface area (Å²) in [5.74, 6) is -1.10. The number of carbonyl (C=O) groups is 2. The lowest BCUT2D eigenvalue weighted by Crippen LogP contribution is -2.21. The molecule has 0 fully saturated rings. The second-order valence-corrected chi connectivity index (χ2v) is 4.88. The lowest BCUT2D eigenvalue weighted by molar-refractivity contribution is -0.137. The van der Waals surface area contributed by atoms with Gasteiger partial charge in [0, 0.05) is 19.1 Å². The maximum absolute atomic E-state index is 11.4. The Bertz CT molecular complexity index is 488. The molecule has 1 rings (SSSR count). The van der Waals surface area contributed by atoms with Crippen molar-refractivity contribution in [3.8, 4) is 5.75 Å². The van der Waals surface area contributed by atoms with Gasteiger partial charge in [0.15, 0.2) is 6.61 Å². The van der Waals surface area contributed by atoms with Crippen LogP contribution in [0, 0.1) is 0 Å². The van der Waals surface area contributed by atoms with Gasteiger partial charge in [-0.05, 0) is 12.5 Å². The van der Waals surface area contributed by atoms with E-state index in [-0.39, 0.29) is 40.3 Å². The molecule has 0 aliphatic carbocycles. The van der Waals surface area contributed by atoms with Crippen molar-refractivity contribution in [2.75, 3.05) is 13.2 Å². The largest absolute Gasteiger partial charge is 0.484 e. The number of aliphatic hydroxyl groups is 1. The zero-order valence-corrected chi connectivity index (χ0v) is 12.1. The highest BCUT2D eigenvalue weighted by molar-refractivity contribution is 6.43. The summed E-state index contributed by atoms with van der Waals surface area (Å²) < 4.78 is 5.13. The fourth-order valence-corrected chi connectivity index (χ4v) is 1.81. The number of halogens is 3. The molecule has 1 N–H and O–H groups in total. The van der Waals surface area contributed by atoms with Crippen molar-refractivity contribution in [3.63, 3.8) is 0 Å². The molecule has 0 aliphatic heterocycles. The summed E-state index contributed by atoms with van der Waals surface area (Å²) in [6, 6.07) is 2.76. The smallest absolute Gasteiger partial charge is 0.235 e. The Morgan fingerprint density at radius 3 is 2.32 bits per heavy atom. The molecule has 19 heavy (non-hydrogen) atoms. The van der Waals surface area contributed by atoms with E-state index in [1.165, 1.54) is 12.1 Å². The number of Topliss-reactive ketones (excluding diaryl/α,β-unsaturated/α-hetero) is 2. The SMILES string of the molecule is O=C(CCCO)C(=O)COc1cc(Cl)c(Cl)cc1Cl. The van der Waals surface area contributed by atoms with Crippen molar-refractivity contribution in [1.82, 2.24) is 0 Å². The molecule has 4 nitrogen and oxygen atoms in total. The summed E-state index contributed by atoms with van der Waals surface area (Å²) >= 11 is 17.4. The van der Waals surface area contributed by atoms with Crippen LogP contribution in [0.4, 0.5) is 0 Å². The summed E-state index contributed by atoms with van der Waals surface area (Å²) in [6.45, 7) is -0.569. The minimum Gasteiger partial charge on any atom is -0.484 e. The van der Waals surface area contributed by atoms with E-state index < -0.39 is 18.2 Å². The second kappa shape index (κ2) is 7.70. The first kappa shape index (κ1) is 16.2. The van der Waals surface area contributed by atoms with Crippen LogP contribution in [-0.2, 0) is 9.59 Å². The number of aliphatic hydroxyl groups excluding tert-OH is 1. The van der Waals surface area contributed by atoms with Gasteiger partial charge in [-0.15, -0.1) is 0 Å². The highest BCUT2D eigenvalue weighted by atomic mass is 35.5. The van der Waals surface area contributed by atoms with Crippen molar-refractivity contribution < 1.29 is 19.4 Å². The molecule has 0 atom stereocenters. The molecule has 104 valence electrons. The molecule has 0 amide bonds. The Balaban J connectivity index is 2.60. The summed E-state index contributed by atoms with van der Waals surface area (Å²) in [4.78, 5) is 22.7. The molecule has 7 heteroatoms. The molecule has 0 aromatic heterocycles. The third kappa shape index (κ3) is 4.99. The van der Waals surface area contributed by atoms with Gasteiger partial charge in [0.2, 0.25) is 11.6 Å². The molecule has 0 spiro atoms. The molecule has 1 aromatic carbocycles. The van der Waals surface area contributed by atoms with E-state index in [4.69, 9.17) is 44.6 Å². The fourth-order valence-electron chi connectivity index (χ4n) is 1.22. The Morgan fingerprint density at radius 2 is 1.68 bits per heavy atom. The molecule has 0 unspecified atom stereocenters. The van der Waals surface area contributed by atoms with E-state index in [0.29, 0.717) is 0 Å². The minimum atomic E-state index is -0.685. The average molecular weight is 326 g/mol. The summed E-state index contributed by atoms with van der Waals surface area (Å²) in [7, 11) is 0. The predicted molar refractivity (Wildman–Crippen MR) is 73.3 cm³/mol. The van der Waals surface area contributed by atoms with Crippen LogP contribution in [0.25, 0.3) is 0 Å². The quantitative estimate of drug-likeness (QED) is 0.618. The Morgan fingerprint density at radius 1 is 1.05 bits per heavy atom. The van der Waals surface area contributed by atoms with Crippen LogP contribution in [-0.4, -0.2) is 29.9 Å². The number of rotatable bonds is 7. The van der Waals surface area contributed by atoms with Crippen molar-refractivity contribution in [3.05, 3.63) is 27.2 Å². The van der Waals surface area contributed by atoms with Gasteiger partial charge in [0.05, 0.1) is 15.1 Å². The lowest BCUT2D eigenvalue weighted by atomic mass is 10.1. The Kier molecular flexibility index (Phi) is 6.58. The van der Waals surface area contributed by atoms with Gasteiger partial charge in [0.1, 0.15) is 5.75 Å². The minimum absolute atomic E-state index is 0.00615. The van der Waals surface area contributed by atoms with Crippen LogP contribution in [0.1, 0.15) is 12.8 Å². The van der Waals surface area contributed by atoms with Crippen molar-refractivity contribution in [2.24, 2.45) is 0 Å². The first-order valence-corrected chi connectivity index (χ1v) is 6.53. The van der Waals surface area contributed by atoms with Crippen molar-refractivity contribution >= 4 is 46.4 Å². The van der Waals surface area contributed by atoms with E-state index in [2.05, 4.69) is 0 Å². The van der Waals surface area contributed by atoms with Gasteiger partial charge in [-0.1, -0.05) is 34.8 Å². The number of ether oxygens (including phenoxy) is 1. The van der Waals surface area contributed by atoms with Gasteiger partial charge in [-0.25, -0.2) is 0 Å². The second-order valence-electron chi connectivity index (χ2n) is 3.66. The van der Waals surface area contributed by atoms with Crippen LogP contribution >= 0.6 is 34.8 Å². The van der Waals surface area contributed by atoms with E-state index in [1.54, 1.807) is 0 Å². The van der Waals surface area contributed by atoms with E-state index in [0.717, 1.165) is 0 Å². The highest BCUT2D eigenvalue weighted by Crippen LogP contribution is 2.33. The zero-order valence-electron chi connectivity index (χ0n) is 9.79. The predicted octanol–water partition coefficient (Wildman–Crippen LogP) is 2.94. The third-order valence-electron chi connectivity index (χ3n) is 2.21. The molecule has 0 bridgehead atoms. The topological polar surface area (TPSA) is 63.6 Å². The van der Waals surface area contributed by atoms with Crippen LogP contribution in [0.15, 0.2) is 12.1 Å². The molecule has 1 aromatic rings. The van der Waals surface area contributed by atoms with Crippen LogP contribution in [0.3, 0.4) is 0 Å². The van der Waals surface area contributed by atoms with Crippen LogP contribution in [0.5, 0.6) is 5.75 Å². The fraction of sp³-hybridized carbons (Fsp3) is 0.333. The first-order valence-electron chi connectivity index (χ1n) is 5.40. The van der Waals surface area contributed by atoms with Gasteiger partial charge in [-0.3, -0.25) is 9.59 Å². The Hall–Kier alpha value is -0.810. The number of hydrogen-bond acceptors (Lipinski definition) is 4. The summed E-state index contributed by atoms with van der Waals surface area (Å²) in [6.07, 6.45) is 0.242. The third-order valence-corrected chi connectivity index (χ3v) is 3.22. The molecular formula is C12H11Cl3O4. The van der Waals surface area contributed by atoms with Crippen LogP contribution < -0.4 is 4.74 Å². The molecule has 0 heterocycles. The highest BCUT2D eigenvalue weighted by Gasteiger charge is 2.15. The number of benzene rings is 1. The molecule has 0 radical (unpaired) electrons. The summed E-state index contributed by atoms with van der Waals surface area (Å²) in [5, 5.41) is 9.26. The zero-order chi connectivity index (χ0) is 14.4. The lowest BCUT2D eigenvalue weighted by Gasteiger charge is -2.08. The summed E-state index contributed by atoms with van der Waals surface area (Å²) in [5.41, 5.74) is 0. The van der Waals surface area contributed by atoms with E-state index >= 15 is 0 Å². The Labute approximate surface area is 125 Å². The van der Waals surface area contributed by atoms with Gasteiger partial charge < -0.3 is 9.84 Å². The van der Waals surface area contributed by atoms with E-state index in [9.17, 15) is 9.59 Å². The van der Waals surface area contributed by atoms with Gasteiger partial charge in [-0.2, -0.15) is 0 Å². The van der Waals surface area contributed by atoms with E-state index in [1.807, 2.05) is 0 Å². The van der Waals surface area contributed by atoms with Gasteiger partial charge >= 0.3 is 0 Å². The number of ketones is 2. The van der Waals surface area contributed by atoms with Crippen LogP contribution in [0.2, 0.25) is 15.1 Å². The molecular weight excluding hydrogens is 314 g/mol. The van der Waals surface area contributed by atoms with Crippen molar-refractivity contribution in [1.29, 1.82) is 0 Å². The molecule has 0 saturated heterocycles. The van der Waals surface area contributed by atoms with Crippen molar-refractivity contribution in [2.45, 2.75) is 12.8 Å². The monoisotopic (exact) mass is 324 g/mol.